The van der Waals surface area contributed by atoms with Gasteiger partial charge in [-0.25, -0.2) is 0 Å². The van der Waals surface area contributed by atoms with Crippen LogP contribution in [0.5, 0.6) is 0 Å². The summed E-state index contributed by atoms with van der Waals surface area (Å²) in [5.74, 6) is 0. The first kappa shape index (κ1) is 26.4. The second-order valence-electron chi connectivity index (χ2n) is 9.65. The van der Waals surface area contributed by atoms with Crippen LogP contribution in [0.2, 0.25) is 0 Å². The summed E-state index contributed by atoms with van der Waals surface area (Å²) in [5.41, 5.74) is 0. The van der Waals surface area contributed by atoms with E-state index in [2.05, 4.69) is 49.9 Å². The second-order valence-corrected chi connectivity index (χ2v) is 9.65. The van der Waals surface area contributed by atoms with E-state index < -0.39 is 0 Å². The van der Waals surface area contributed by atoms with Gasteiger partial charge < -0.3 is 9.80 Å². The maximum atomic E-state index is 2.63. The highest BCUT2D eigenvalue weighted by atomic mass is 15.4. The summed E-state index contributed by atoms with van der Waals surface area (Å²) >= 11 is 0. The summed E-state index contributed by atoms with van der Waals surface area (Å²) in [7, 11) is 0. The van der Waals surface area contributed by atoms with Crippen LogP contribution < -0.4 is 0 Å². The maximum Gasteiger partial charge on any atom is 0.101 e. The SMILES string of the molecule is CCCCCCCCCCCCCCCN1C=CN(C(C)C)C1CCCCCC. The minimum Gasteiger partial charge on any atom is -0.356 e. The Hall–Kier alpha value is -0.660. The average molecular weight is 407 g/mol. The Balaban J connectivity index is 2.03. The van der Waals surface area contributed by atoms with Crippen LogP contribution in [0.15, 0.2) is 12.4 Å². The smallest absolute Gasteiger partial charge is 0.101 e. The first-order chi connectivity index (χ1) is 14.2. The Bertz CT molecular complexity index is 377. The first-order valence-electron chi connectivity index (χ1n) is 13.4. The fourth-order valence-electron chi connectivity index (χ4n) is 4.65. The number of hydrogen-bond acceptors (Lipinski definition) is 2. The van der Waals surface area contributed by atoms with Gasteiger partial charge in [0.05, 0.1) is 0 Å². The van der Waals surface area contributed by atoms with Crippen molar-refractivity contribution in [3.8, 4) is 0 Å². The molecule has 0 aromatic rings. The quantitative estimate of drug-likeness (QED) is 0.186. The van der Waals surface area contributed by atoms with Gasteiger partial charge in [0.15, 0.2) is 0 Å². The number of hydrogen-bond donors (Lipinski definition) is 0. The third kappa shape index (κ3) is 12.6. The fourth-order valence-corrected chi connectivity index (χ4v) is 4.65. The summed E-state index contributed by atoms with van der Waals surface area (Å²) in [4.78, 5) is 5.21. The standard InChI is InChI=1S/C27H54N2/c1-5-7-9-11-12-13-14-15-16-17-18-19-21-23-28-24-25-29(26(3)4)27(28)22-20-10-8-6-2/h24-27H,5-23H2,1-4H3. The fraction of sp³-hybridized carbons (Fsp3) is 0.926. The third-order valence-electron chi connectivity index (χ3n) is 6.59. The van der Waals surface area contributed by atoms with E-state index in [1.54, 1.807) is 0 Å². The van der Waals surface area contributed by atoms with Crippen molar-refractivity contribution in [2.45, 2.75) is 155 Å². The minimum atomic E-state index is 0.610. The molecular weight excluding hydrogens is 352 g/mol. The topological polar surface area (TPSA) is 6.48 Å². The van der Waals surface area contributed by atoms with Gasteiger partial charge in [-0.05, 0) is 33.1 Å². The molecule has 0 saturated carbocycles. The molecule has 1 aliphatic heterocycles. The Morgan fingerprint density at radius 1 is 0.586 bits per heavy atom. The summed E-state index contributed by atoms with van der Waals surface area (Å²) in [6, 6.07) is 0.610. The van der Waals surface area contributed by atoms with Gasteiger partial charge in [-0.2, -0.15) is 0 Å². The maximum absolute atomic E-state index is 2.63. The molecule has 1 heterocycles. The zero-order valence-corrected chi connectivity index (χ0v) is 20.6. The van der Waals surface area contributed by atoms with Gasteiger partial charge in [0.2, 0.25) is 0 Å². The zero-order valence-electron chi connectivity index (χ0n) is 20.6. The van der Waals surface area contributed by atoms with Gasteiger partial charge in [0.25, 0.3) is 0 Å². The molecule has 172 valence electrons. The normalized spacial score (nSPS) is 16.5. The van der Waals surface area contributed by atoms with Gasteiger partial charge in [-0.1, -0.05) is 110 Å². The Labute approximate surface area is 184 Å². The minimum absolute atomic E-state index is 0.610. The van der Waals surface area contributed by atoms with E-state index in [4.69, 9.17) is 0 Å². The lowest BCUT2D eigenvalue weighted by Gasteiger charge is -2.35. The molecular formula is C27H54N2. The molecule has 2 nitrogen and oxygen atoms in total. The molecule has 1 rings (SSSR count). The Morgan fingerprint density at radius 2 is 1.03 bits per heavy atom. The van der Waals surface area contributed by atoms with Gasteiger partial charge in [0.1, 0.15) is 6.17 Å². The molecule has 0 saturated heterocycles. The summed E-state index contributed by atoms with van der Waals surface area (Å²) in [5, 5.41) is 0. The first-order valence-corrected chi connectivity index (χ1v) is 13.4. The molecule has 0 aromatic carbocycles. The van der Waals surface area contributed by atoms with Gasteiger partial charge in [-0.3, -0.25) is 0 Å². The van der Waals surface area contributed by atoms with Crippen LogP contribution in [-0.4, -0.2) is 28.6 Å². The van der Waals surface area contributed by atoms with Crippen LogP contribution >= 0.6 is 0 Å². The highest BCUT2D eigenvalue weighted by Crippen LogP contribution is 2.24. The lowest BCUT2D eigenvalue weighted by Crippen LogP contribution is -2.42. The lowest BCUT2D eigenvalue weighted by atomic mass is 10.0. The largest absolute Gasteiger partial charge is 0.356 e. The molecule has 0 bridgehead atoms. The molecule has 0 aliphatic carbocycles. The van der Waals surface area contributed by atoms with Crippen molar-refractivity contribution in [2.24, 2.45) is 0 Å². The van der Waals surface area contributed by atoms with E-state index in [1.807, 2.05) is 0 Å². The Kier molecular flexibility index (Phi) is 16.5. The molecule has 0 radical (unpaired) electrons. The molecule has 0 aromatic heterocycles. The van der Waals surface area contributed by atoms with Gasteiger partial charge >= 0.3 is 0 Å². The summed E-state index contributed by atoms with van der Waals surface area (Å²) < 4.78 is 0. The van der Waals surface area contributed by atoms with E-state index in [0.29, 0.717) is 12.2 Å². The number of rotatable bonds is 20. The summed E-state index contributed by atoms with van der Waals surface area (Å²) in [6.07, 6.45) is 30.8. The van der Waals surface area contributed by atoms with Gasteiger partial charge in [0, 0.05) is 25.0 Å². The molecule has 1 unspecified atom stereocenters. The average Bonchev–Trinajstić information content (AvgIpc) is 3.12. The van der Waals surface area contributed by atoms with Crippen molar-refractivity contribution in [3.63, 3.8) is 0 Å². The second kappa shape index (κ2) is 18.1. The molecule has 1 atom stereocenters. The van der Waals surface area contributed by atoms with Gasteiger partial charge in [-0.15, -0.1) is 0 Å². The molecule has 0 N–H and O–H groups in total. The van der Waals surface area contributed by atoms with Crippen molar-refractivity contribution >= 4 is 0 Å². The van der Waals surface area contributed by atoms with Crippen molar-refractivity contribution < 1.29 is 0 Å². The van der Waals surface area contributed by atoms with Crippen molar-refractivity contribution in [3.05, 3.63) is 12.4 Å². The van der Waals surface area contributed by atoms with Crippen molar-refractivity contribution in [2.75, 3.05) is 6.54 Å². The van der Waals surface area contributed by atoms with Crippen molar-refractivity contribution in [1.82, 2.24) is 9.80 Å². The molecule has 29 heavy (non-hydrogen) atoms. The predicted molar refractivity (Wildman–Crippen MR) is 131 cm³/mol. The Morgan fingerprint density at radius 3 is 1.52 bits per heavy atom. The van der Waals surface area contributed by atoms with Crippen LogP contribution in [-0.2, 0) is 0 Å². The zero-order chi connectivity index (χ0) is 21.2. The lowest BCUT2D eigenvalue weighted by molar-refractivity contribution is 0.114. The monoisotopic (exact) mass is 406 g/mol. The predicted octanol–water partition coefficient (Wildman–Crippen LogP) is 8.87. The molecule has 2 heteroatoms. The van der Waals surface area contributed by atoms with E-state index in [1.165, 1.54) is 122 Å². The molecule has 0 fully saturated rings. The van der Waals surface area contributed by atoms with Crippen LogP contribution in [0.4, 0.5) is 0 Å². The van der Waals surface area contributed by atoms with E-state index in [0.717, 1.165) is 0 Å². The van der Waals surface area contributed by atoms with Crippen molar-refractivity contribution in [1.29, 1.82) is 0 Å². The van der Waals surface area contributed by atoms with Crippen LogP contribution in [0, 0.1) is 0 Å². The van der Waals surface area contributed by atoms with Crippen LogP contribution in [0.25, 0.3) is 0 Å². The van der Waals surface area contributed by atoms with Crippen LogP contribution in [0.3, 0.4) is 0 Å². The van der Waals surface area contributed by atoms with E-state index in [-0.39, 0.29) is 0 Å². The molecule has 0 amide bonds. The number of nitrogens with zero attached hydrogens (tertiary/aromatic N) is 2. The van der Waals surface area contributed by atoms with E-state index in [9.17, 15) is 0 Å². The van der Waals surface area contributed by atoms with E-state index >= 15 is 0 Å². The van der Waals surface area contributed by atoms with Crippen LogP contribution in [0.1, 0.15) is 143 Å². The summed E-state index contributed by atoms with van der Waals surface area (Å²) in [6.45, 7) is 10.5. The number of unbranched alkanes of at least 4 members (excludes halogenated alkanes) is 15. The molecule has 0 spiro atoms. The third-order valence-corrected chi connectivity index (χ3v) is 6.59. The highest BCUT2D eigenvalue weighted by molar-refractivity contribution is 4.98. The molecule has 1 aliphatic rings. The highest BCUT2D eigenvalue weighted by Gasteiger charge is 2.26.